The molecule has 5 rings (SSSR count). The van der Waals surface area contributed by atoms with Gasteiger partial charge in [0.15, 0.2) is 11.5 Å². The number of ether oxygens (including phenoxy) is 3. The first-order valence-corrected chi connectivity index (χ1v) is 11.3. The minimum Gasteiger partial charge on any atom is -0.496 e. The van der Waals surface area contributed by atoms with Gasteiger partial charge in [0, 0.05) is 31.1 Å². The number of methoxy groups -OCH3 is 1. The Hall–Kier alpha value is -4.00. The summed E-state index contributed by atoms with van der Waals surface area (Å²) in [4.78, 5) is 28.3. The molecule has 0 aromatic heterocycles. The number of hydrogen-bond acceptors (Lipinski definition) is 5. The van der Waals surface area contributed by atoms with Crippen molar-refractivity contribution in [1.82, 2.24) is 10.2 Å². The zero-order valence-electron chi connectivity index (χ0n) is 18.9. The third kappa shape index (κ3) is 4.29. The Balaban J connectivity index is 1.36. The van der Waals surface area contributed by atoms with Gasteiger partial charge in [-0.05, 0) is 41.5 Å². The summed E-state index contributed by atoms with van der Waals surface area (Å²) in [6.07, 6.45) is 0. The van der Waals surface area contributed by atoms with Gasteiger partial charge < -0.3 is 24.4 Å². The van der Waals surface area contributed by atoms with Gasteiger partial charge in [-0.1, -0.05) is 42.5 Å². The molecule has 7 nitrogen and oxygen atoms in total. The number of carbonyl (C=O) groups is 2. The molecule has 0 aliphatic carbocycles. The molecule has 0 unspecified atom stereocenters. The summed E-state index contributed by atoms with van der Waals surface area (Å²) in [5, 5.41) is 3.05. The molecule has 0 bridgehead atoms. The lowest BCUT2D eigenvalue weighted by atomic mass is 9.87. The number of likely N-dealkylation sites (tertiary alicyclic amines) is 1. The van der Waals surface area contributed by atoms with E-state index < -0.39 is 5.92 Å². The zero-order chi connectivity index (χ0) is 23.5. The Morgan fingerprint density at radius 3 is 2.56 bits per heavy atom. The number of nitrogens with one attached hydrogen (secondary N) is 1. The van der Waals surface area contributed by atoms with Crippen LogP contribution in [0.15, 0.2) is 72.8 Å². The molecule has 2 heterocycles. The summed E-state index contributed by atoms with van der Waals surface area (Å²) in [7, 11) is 1.62. The van der Waals surface area contributed by atoms with Gasteiger partial charge in [-0.3, -0.25) is 9.59 Å². The van der Waals surface area contributed by atoms with E-state index in [1.165, 1.54) is 0 Å². The van der Waals surface area contributed by atoms with Gasteiger partial charge in [0.1, 0.15) is 5.75 Å². The monoisotopic (exact) mass is 458 g/mol. The average molecular weight is 459 g/mol. The molecule has 2 aliphatic rings. The molecule has 174 valence electrons. The second kappa shape index (κ2) is 9.47. The molecule has 1 saturated heterocycles. The van der Waals surface area contributed by atoms with E-state index in [1.807, 2.05) is 60.7 Å². The van der Waals surface area contributed by atoms with Gasteiger partial charge >= 0.3 is 0 Å². The molecule has 7 heteroatoms. The van der Waals surface area contributed by atoms with Gasteiger partial charge in [0.2, 0.25) is 12.7 Å². The number of hydrogen-bond donors (Lipinski definition) is 1. The van der Waals surface area contributed by atoms with Gasteiger partial charge in [-0.25, -0.2) is 0 Å². The highest BCUT2D eigenvalue weighted by Crippen LogP contribution is 2.38. The van der Waals surface area contributed by atoms with E-state index in [1.54, 1.807) is 24.1 Å². The van der Waals surface area contributed by atoms with E-state index in [-0.39, 0.29) is 24.5 Å². The van der Waals surface area contributed by atoms with Crippen LogP contribution in [0.2, 0.25) is 0 Å². The summed E-state index contributed by atoms with van der Waals surface area (Å²) in [6, 6.07) is 22.5. The van der Waals surface area contributed by atoms with Crippen molar-refractivity contribution in [1.29, 1.82) is 0 Å². The fourth-order valence-corrected chi connectivity index (χ4v) is 4.66. The minimum absolute atomic E-state index is 0.0773. The molecule has 2 aliphatic heterocycles. The largest absolute Gasteiger partial charge is 0.496 e. The van der Waals surface area contributed by atoms with Crippen molar-refractivity contribution in [3.05, 3.63) is 89.5 Å². The smallest absolute Gasteiger partial charge is 0.253 e. The lowest BCUT2D eigenvalue weighted by Crippen LogP contribution is -2.35. The van der Waals surface area contributed by atoms with Crippen LogP contribution in [-0.2, 0) is 11.3 Å². The molecule has 1 fully saturated rings. The van der Waals surface area contributed by atoms with E-state index in [9.17, 15) is 9.59 Å². The van der Waals surface area contributed by atoms with Gasteiger partial charge in [-0.15, -0.1) is 0 Å². The minimum atomic E-state index is -0.405. The maximum atomic E-state index is 13.4. The number of para-hydroxylation sites is 1. The van der Waals surface area contributed by atoms with Gasteiger partial charge in [0.25, 0.3) is 5.91 Å². The topological polar surface area (TPSA) is 77.1 Å². The van der Waals surface area contributed by atoms with Crippen molar-refractivity contribution >= 4 is 11.8 Å². The molecule has 34 heavy (non-hydrogen) atoms. The predicted octanol–water partition coefficient (Wildman–Crippen LogP) is 3.60. The third-order valence-corrected chi connectivity index (χ3v) is 6.41. The van der Waals surface area contributed by atoms with Crippen LogP contribution in [0.25, 0.3) is 0 Å². The number of fused-ring (bicyclic) bond motifs is 1. The summed E-state index contributed by atoms with van der Waals surface area (Å²) >= 11 is 0. The number of amides is 2. The highest BCUT2D eigenvalue weighted by molar-refractivity contribution is 5.95. The zero-order valence-corrected chi connectivity index (χ0v) is 18.9. The first kappa shape index (κ1) is 21.8. The number of carbonyl (C=O) groups excluding carboxylic acids is 2. The molecule has 0 radical (unpaired) electrons. The van der Waals surface area contributed by atoms with Crippen molar-refractivity contribution in [3.8, 4) is 17.2 Å². The Morgan fingerprint density at radius 1 is 0.971 bits per heavy atom. The van der Waals surface area contributed by atoms with E-state index in [0.29, 0.717) is 36.7 Å². The molecule has 2 atom stereocenters. The highest BCUT2D eigenvalue weighted by Gasteiger charge is 2.41. The van der Waals surface area contributed by atoms with E-state index in [0.717, 1.165) is 16.9 Å². The van der Waals surface area contributed by atoms with Crippen LogP contribution in [0, 0.1) is 5.92 Å². The molecular formula is C27H26N2O5. The van der Waals surface area contributed by atoms with Crippen molar-refractivity contribution in [2.45, 2.75) is 12.5 Å². The van der Waals surface area contributed by atoms with Crippen molar-refractivity contribution in [3.63, 3.8) is 0 Å². The van der Waals surface area contributed by atoms with Crippen LogP contribution < -0.4 is 19.5 Å². The predicted molar refractivity (Wildman–Crippen MR) is 126 cm³/mol. The number of rotatable bonds is 6. The first-order chi connectivity index (χ1) is 16.6. The van der Waals surface area contributed by atoms with Crippen LogP contribution in [-0.4, -0.2) is 43.7 Å². The van der Waals surface area contributed by atoms with E-state index in [2.05, 4.69) is 5.32 Å². The Labute approximate surface area is 198 Å². The van der Waals surface area contributed by atoms with Gasteiger partial charge in [0.05, 0.1) is 13.0 Å². The van der Waals surface area contributed by atoms with Crippen LogP contribution in [0.4, 0.5) is 0 Å². The maximum absolute atomic E-state index is 13.4. The van der Waals surface area contributed by atoms with Crippen LogP contribution in [0.5, 0.6) is 17.2 Å². The molecule has 2 amide bonds. The molecule has 0 saturated carbocycles. The summed E-state index contributed by atoms with van der Waals surface area (Å²) in [5.41, 5.74) is 2.46. The number of nitrogens with zero attached hydrogens (tertiary/aromatic N) is 1. The third-order valence-electron chi connectivity index (χ3n) is 6.41. The molecular weight excluding hydrogens is 432 g/mol. The lowest BCUT2D eigenvalue weighted by Gasteiger charge is -2.20. The Kier molecular flexibility index (Phi) is 6.08. The van der Waals surface area contributed by atoms with Crippen LogP contribution >= 0.6 is 0 Å². The van der Waals surface area contributed by atoms with Crippen LogP contribution in [0.3, 0.4) is 0 Å². The summed E-state index contributed by atoms with van der Waals surface area (Å²) in [5.74, 6) is 1.34. The lowest BCUT2D eigenvalue weighted by molar-refractivity contribution is -0.125. The van der Waals surface area contributed by atoms with E-state index >= 15 is 0 Å². The quantitative estimate of drug-likeness (QED) is 0.611. The van der Waals surface area contributed by atoms with Crippen molar-refractivity contribution in [2.24, 2.45) is 5.92 Å². The normalized spacial score (nSPS) is 18.6. The second-order valence-corrected chi connectivity index (χ2v) is 8.44. The van der Waals surface area contributed by atoms with Crippen molar-refractivity contribution < 1.29 is 23.8 Å². The van der Waals surface area contributed by atoms with Gasteiger partial charge in [-0.2, -0.15) is 0 Å². The fraction of sp³-hybridized carbons (Fsp3) is 0.259. The summed E-state index contributed by atoms with van der Waals surface area (Å²) < 4.78 is 16.4. The van der Waals surface area contributed by atoms with Crippen molar-refractivity contribution in [2.75, 3.05) is 27.0 Å². The molecule has 1 N–H and O–H groups in total. The second-order valence-electron chi connectivity index (χ2n) is 8.44. The average Bonchev–Trinajstić information content (AvgIpc) is 3.54. The highest BCUT2D eigenvalue weighted by atomic mass is 16.7. The standard InChI is InChI=1S/C27H26N2O5/c1-32-23-10-6-5-9-20(23)21-15-29(27(31)19-7-3-2-4-8-19)16-22(21)26(30)28-14-18-11-12-24-25(13-18)34-17-33-24/h2-13,21-22H,14-17H2,1H3,(H,28,30)/t21-,22+/m0/s1. The summed E-state index contributed by atoms with van der Waals surface area (Å²) in [6.45, 7) is 1.34. The molecule has 0 spiro atoms. The Bertz CT molecular complexity index is 1200. The van der Waals surface area contributed by atoms with E-state index in [4.69, 9.17) is 14.2 Å². The number of benzene rings is 3. The molecule has 3 aromatic carbocycles. The Morgan fingerprint density at radius 2 is 1.74 bits per heavy atom. The molecule has 3 aromatic rings. The maximum Gasteiger partial charge on any atom is 0.253 e. The SMILES string of the molecule is COc1ccccc1[C@@H]1CN(C(=O)c2ccccc2)C[C@H]1C(=O)NCc1ccc2c(c1)OCO2. The fourth-order valence-electron chi connectivity index (χ4n) is 4.66. The van der Waals surface area contributed by atoms with Crippen LogP contribution in [0.1, 0.15) is 27.4 Å². The first-order valence-electron chi connectivity index (χ1n) is 11.3.